The molecule has 1 aliphatic rings. The lowest BCUT2D eigenvalue weighted by Gasteiger charge is -2.36. The second-order valence-electron chi connectivity index (χ2n) is 4.74. The first-order valence-electron chi connectivity index (χ1n) is 5.70. The van der Waals surface area contributed by atoms with Crippen molar-refractivity contribution in [2.24, 2.45) is 17.1 Å². The molecule has 0 atom stereocenters. The number of rotatable bonds is 4. The lowest BCUT2D eigenvalue weighted by atomic mass is 9.70. The molecule has 1 aliphatic carbocycles. The summed E-state index contributed by atoms with van der Waals surface area (Å²) in [5.41, 5.74) is 5.14. The third-order valence-corrected chi connectivity index (χ3v) is 3.50. The summed E-state index contributed by atoms with van der Waals surface area (Å²) in [7, 11) is 0. The van der Waals surface area contributed by atoms with Crippen molar-refractivity contribution in [2.75, 3.05) is 13.1 Å². The van der Waals surface area contributed by atoms with Crippen molar-refractivity contribution in [1.29, 1.82) is 0 Å². The molecule has 0 heterocycles. The molecule has 0 spiro atoms. The van der Waals surface area contributed by atoms with Gasteiger partial charge < -0.3 is 16.2 Å². The van der Waals surface area contributed by atoms with E-state index < -0.39 is 11.4 Å². The van der Waals surface area contributed by atoms with E-state index in [1.165, 1.54) is 0 Å². The van der Waals surface area contributed by atoms with E-state index in [4.69, 9.17) is 10.8 Å². The Hall–Kier alpha value is -1.10. The SMILES string of the molecule is CC1CCC(CN)(C(=O)NCC(=O)O)CC1. The number of hydrogen-bond donors (Lipinski definition) is 3. The molecule has 0 unspecified atom stereocenters. The van der Waals surface area contributed by atoms with Crippen LogP contribution in [0.3, 0.4) is 0 Å². The zero-order valence-electron chi connectivity index (χ0n) is 9.66. The van der Waals surface area contributed by atoms with Gasteiger partial charge in [0.05, 0.1) is 5.41 Å². The molecule has 0 saturated heterocycles. The van der Waals surface area contributed by atoms with E-state index in [-0.39, 0.29) is 12.5 Å². The molecule has 0 bridgehead atoms. The molecule has 4 N–H and O–H groups in total. The first kappa shape index (κ1) is 13.0. The topological polar surface area (TPSA) is 92.4 Å². The van der Waals surface area contributed by atoms with Gasteiger partial charge >= 0.3 is 5.97 Å². The fourth-order valence-electron chi connectivity index (χ4n) is 2.18. The van der Waals surface area contributed by atoms with Crippen molar-refractivity contribution in [2.45, 2.75) is 32.6 Å². The van der Waals surface area contributed by atoms with Gasteiger partial charge in [0.15, 0.2) is 0 Å². The van der Waals surface area contributed by atoms with E-state index in [1.807, 2.05) is 0 Å². The van der Waals surface area contributed by atoms with Crippen LogP contribution < -0.4 is 11.1 Å². The van der Waals surface area contributed by atoms with Gasteiger partial charge in [0.2, 0.25) is 5.91 Å². The van der Waals surface area contributed by atoms with Gasteiger partial charge in [-0.2, -0.15) is 0 Å². The second kappa shape index (κ2) is 5.30. The average Bonchev–Trinajstić information content (AvgIpc) is 2.27. The molecule has 5 nitrogen and oxygen atoms in total. The van der Waals surface area contributed by atoms with Crippen LogP contribution in [0.5, 0.6) is 0 Å². The molecule has 0 aromatic heterocycles. The van der Waals surface area contributed by atoms with E-state index in [0.29, 0.717) is 12.5 Å². The quantitative estimate of drug-likeness (QED) is 0.647. The van der Waals surface area contributed by atoms with Crippen LogP contribution >= 0.6 is 0 Å². The number of carbonyl (C=O) groups is 2. The molecule has 0 aliphatic heterocycles. The Kier molecular flexibility index (Phi) is 4.29. The minimum absolute atomic E-state index is 0.204. The van der Waals surface area contributed by atoms with E-state index in [9.17, 15) is 9.59 Å². The van der Waals surface area contributed by atoms with Crippen LogP contribution in [-0.2, 0) is 9.59 Å². The number of nitrogens with one attached hydrogen (secondary N) is 1. The van der Waals surface area contributed by atoms with Crippen LogP contribution in [0.1, 0.15) is 32.6 Å². The normalized spacial score (nSPS) is 29.8. The zero-order chi connectivity index (χ0) is 12.2. The van der Waals surface area contributed by atoms with Crippen LogP contribution in [0, 0.1) is 11.3 Å². The molecular weight excluding hydrogens is 208 g/mol. The van der Waals surface area contributed by atoms with Gasteiger partial charge in [0.1, 0.15) is 6.54 Å². The summed E-state index contributed by atoms with van der Waals surface area (Å²) in [5.74, 6) is -0.596. The Morgan fingerprint density at radius 3 is 2.44 bits per heavy atom. The number of carbonyl (C=O) groups excluding carboxylic acids is 1. The van der Waals surface area contributed by atoms with Gasteiger partial charge in [-0.25, -0.2) is 0 Å². The molecule has 16 heavy (non-hydrogen) atoms. The summed E-state index contributed by atoms with van der Waals surface area (Å²) in [6.07, 6.45) is 3.49. The number of carboxylic acids is 1. The lowest BCUT2D eigenvalue weighted by molar-refractivity contribution is -0.140. The Labute approximate surface area is 95.4 Å². The number of carboxylic acid groups (broad SMARTS) is 1. The lowest BCUT2D eigenvalue weighted by Crippen LogP contribution is -2.49. The third kappa shape index (κ3) is 2.95. The summed E-state index contributed by atoms with van der Waals surface area (Å²) in [5, 5.41) is 11.0. The van der Waals surface area contributed by atoms with Crippen molar-refractivity contribution < 1.29 is 14.7 Å². The smallest absolute Gasteiger partial charge is 0.322 e. The molecule has 1 rings (SSSR count). The molecule has 0 radical (unpaired) electrons. The highest BCUT2D eigenvalue weighted by molar-refractivity contribution is 5.86. The van der Waals surface area contributed by atoms with E-state index in [0.717, 1.165) is 25.7 Å². The van der Waals surface area contributed by atoms with Crippen molar-refractivity contribution in [3.8, 4) is 0 Å². The van der Waals surface area contributed by atoms with Crippen LogP contribution in [0.4, 0.5) is 0 Å². The standard InChI is InChI=1S/C11H20N2O3/c1-8-2-4-11(7-12,5-3-8)10(16)13-6-9(14)15/h8H,2-7,12H2,1H3,(H,13,16)(H,14,15). The van der Waals surface area contributed by atoms with Gasteiger partial charge in [-0.1, -0.05) is 6.92 Å². The largest absolute Gasteiger partial charge is 0.480 e. The summed E-state index contributed by atoms with van der Waals surface area (Å²) >= 11 is 0. The highest BCUT2D eigenvalue weighted by atomic mass is 16.4. The van der Waals surface area contributed by atoms with Crippen molar-refractivity contribution >= 4 is 11.9 Å². The van der Waals surface area contributed by atoms with Gasteiger partial charge in [0, 0.05) is 6.54 Å². The molecule has 92 valence electrons. The highest BCUT2D eigenvalue weighted by Crippen LogP contribution is 2.38. The van der Waals surface area contributed by atoms with Gasteiger partial charge in [-0.3, -0.25) is 9.59 Å². The molecule has 0 aromatic rings. The second-order valence-corrected chi connectivity index (χ2v) is 4.74. The minimum atomic E-state index is -1.02. The number of nitrogens with two attached hydrogens (primary N) is 1. The van der Waals surface area contributed by atoms with Gasteiger partial charge in [-0.15, -0.1) is 0 Å². The molecular formula is C11H20N2O3. The molecule has 1 saturated carbocycles. The summed E-state index contributed by atoms with van der Waals surface area (Å²) in [6.45, 7) is 2.14. The predicted molar refractivity (Wildman–Crippen MR) is 59.8 cm³/mol. The maximum absolute atomic E-state index is 11.9. The fourth-order valence-corrected chi connectivity index (χ4v) is 2.18. The molecule has 0 aromatic carbocycles. The van der Waals surface area contributed by atoms with Crippen LogP contribution in [0.15, 0.2) is 0 Å². The van der Waals surface area contributed by atoms with Crippen molar-refractivity contribution in [1.82, 2.24) is 5.32 Å². The number of hydrogen-bond acceptors (Lipinski definition) is 3. The highest BCUT2D eigenvalue weighted by Gasteiger charge is 2.39. The Bertz CT molecular complexity index is 270. The van der Waals surface area contributed by atoms with Crippen molar-refractivity contribution in [3.63, 3.8) is 0 Å². The summed E-state index contributed by atoms with van der Waals surface area (Å²) in [6, 6.07) is 0. The molecule has 5 heteroatoms. The minimum Gasteiger partial charge on any atom is -0.480 e. The molecule has 1 amide bonds. The third-order valence-electron chi connectivity index (χ3n) is 3.50. The Balaban J connectivity index is 2.58. The summed E-state index contributed by atoms with van der Waals surface area (Å²) < 4.78 is 0. The van der Waals surface area contributed by atoms with E-state index >= 15 is 0 Å². The fraction of sp³-hybridized carbons (Fsp3) is 0.818. The van der Waals surface area contributed by atoms with Crippen LogP contribution in [-0.4, -0.2) is 30.1 Å². The van der Waals surface area contributed by atoms with Gasteiger partial charge in [0.25, 0.3) is 0 Å². The van der Waals surface area contributed by atoms with E-state index in [2.05, 4.69) is 12.2 Å². The monoisotopic (exact) mass is 228 g/mol. The first-order chi connectivity index (χ1) is 7.50. The Morgan fingerprint density at radius 1 is 1.44 bits per heavy atom. The van der Waals surface area contributed by atoms with Crippen LogP contribution in [0.25, 0.3) is 0 Å². The maximum Gasteiger partial charge on any atom is 0.322 e. The van der Waals surface area contributed by atoms with Gasteiger partial charge in [-0.05, 0) is 31.6 Å². The van der Waals surface area contributed by atoms with Crippen molar-refractivity contribution in [3.05, 3.63) is 0 Å². The molecule has 1 fully saturated rings. The maximum atomic E-state index is 11.9. The van der Waals surface area contributed by atoms with Crippen LogP contribution in [0.2, 0.25) is 0 Å². The Morgan fingerprint density at radius 2 is 2.00 bits per heavy atom. The average molecular weight is 228 g/mol. The first-order valence-corrected chi connectivity index (χ1v) is 5.70. The number of amides is 1. The number of aliphatic carboxylic acids is 1. The zero-order valence-corrected chi connectivity index (χ0v) is 9.66. The summed E-state index contributed by atoms with van der Waals surface area (Å²) in [4.78, 5) is 22.3. The predicted octanol–water partition coefficient (Wildman–Crippen LogP) is 0.342. The van der Waals surface area contributed by atoms with E-state index in [1.54, 1.807) is 0 Å².